The molecule has 6 nitrogen and oxygen atoms in total. The number of carbonyl (C=O) groups is 1. The Kier molecular flexibility index (Phi) is 3.51. The first kappa shape index (κ1) is 13.8. The zero-order valence-corrected chi connectivity index (χ0v) is 11.8. The molecule has 1 aliphatic heterocycles. The Morgan fingerprint density at radius 1 is 1.47 bits per heavy atom. The fraction of sp³-hybridized carbons (Fsp3) is 0.417. The van der Waals surface area contributed by atoms with Crippen molar-refractivity contribution in [3.63, 3.8) is 0 Å². The minimum absolute atomic E-state index is 0.0791. The van der Waals surface area contributed by atoms with Gasteiger partial charge in [-0.25, -0.2) is 18.4 Å². The number of hydrogen-bond acceptors (Lipinski definition) is 3. The molecule has 1 aromatic rings. The van der Waals surface area contributed by atoms with Crippen LogP contribution in [0, 0.1) is 0 Å². The summed E-state index contributed by atoms with van der Waals surface area (Å²) in [6.07, 6.45) is 0.641. The van der Waals surface area contributed by atoms with Gasteiger partial charge in [-0.3, -0.25) is 4.90 Å². The largest absolute Gasteiger partial charge is 0.328 e. The van der Waals surface area contributed by atoms with E-state index in [1.165, 1.54) is 6.07 Å². The third-order valence-corrected chi connectivity index (χ3v) is 4.22. The topological polar surface area (TPSA) is 83.7 Å². The van der Waals surface area contributed by atoms with Crippen molar-refractivity contribution in [2.75, 3.05) is 25.0 Å². The van der Waals surface area contributed by atoms with E-state index >= 15 is 0 Å². The molecule has 0 fully saturated rings. The Morgan fingerprint density at radius 3 is 2.74 bits per heavy atom. The van der Waals surface area contributed by atoms with E-state index in [0.29, 0.717) is 19.5 Å². The molecule has 0 unspecified atom stereocenters. The molecule has 1 aromatic carbocycles. The highest BCUT2D eigenvalue weighted by Crippen LogP contribution is 2.30. The van der Waals surface area contributed by atoms with Gasteiger partial charge in [0.25, 0.3) is 0 Å². The highest BCUT2D eigenvalue weighted by molar-refractivity contribution is 7.89. The summed E-state index contributed by atoms with van der Waals surface area (Å²) in [7, 11) is -1.96. The maximum Gasteiger partial charge on any atom is 0.324 e. The fourth-order valence-electron chi connectivity index (χ4n) is 2.10. The van der Waals surface area contributed by atoms with Gasteiger partial charge in [0.2, 0.25) is 10.0 Å². The molecule has 0 atom stereocenters. The van der Waals surface area contributed by atoms with Crippen LogP contribution in [0.25, 0.3) is 0 Å². The molecule has 2 N–H and O–H groups in total. The quantitative estimate of drug-likeness (QED) is 0.870. The first-order chi connectivity index (χ1) is 8.84. The van der Waals surface area contributed by atoms with Crippen LogP contribution < -0.4 is 10.0 Å². The Hall–Kier alpha value is -1.60. The minimum Gasteiger partial charge on any atom is -0.328 e. The van der Waals surface area contributed by atoms with E-state index in [-0.39, 0.29) is 10.9 Å². The molecule has 2 rings (SSSR count). The third kappa shape index (κ3) is 2.57. The van der Waals surface area contributed by atoms with Gasteiger partial charge in [0.15, 0.2) is 0 Å². The molecule has 0 spiro atoms. The molecule has 1 aliphatic rings. The van der Waals surface area contributed by atoms with Crippen molar-refractivity contribution in [2.24, 2.45) is 5.14 Å². The van der Waals surface area contributed by atoms with Gasteiger partial charge < -0.3 is 4.90 Å². The van der Waals surface area contributed by atoms with Crippen LogP contribution in [0.5, 0.6) is 0 Å². The molecule has 0 aromatic heterocycles. The van der Waals surface area contributed by atoms with Gasteiger partial charge in [0, 0.05) is 25.8 Å². The Balaban J connectivity index is 2.35. The van der Waals surface area contributed by atoms with Crippen molar-refractivity contribution in [1.82, 2.24) is 4.90 Å². The maximum atomic E-state index is 12.1. The van der Waals surface area contributed by atoms with Crippen LogP contribution in [0.3, 0.4) is 0 Å². The van der Waals surface area contributed by atoms with E-state index in [2.05, 4.69) is 0 Å². The van der Waals surface area contributed by atoms with Crippen LogP contribution in [0.1, 0.15) is 12.5 Å². The van der Waals surface area contributed by atoms with Crippen molar-refractivity contribution in [3.05, 3.63) is 23.8 Å². The number of carbonyl (C=O) groups excluding carboxylic acids is 1. The number of rotatable bonds is 2. The van der Waals surface area contributed by atoms with Crippen LogP contribution in [0.15, 0.2) is 23.1 Å². The predicted molar refractivity (Wildman–Crippen MR) is 72.6 cm³/mol. The average Bonchev–Trinajstić information content (AvgIpc) is 2.78. The monoisotopic (exact) mass is 283 g/mol. The minimum atomic E-state index is -3.70. The molecule has 0 aliphatic carbocycles. The lowest BCUT2D eigenvalue weighted by molar-refractivity contribution is 0.218. The number of amides is 2. The molecule has 0 saturated heterocycles. The number of benzene rings is 1. The van der Waals surface area contributed by atoms with E-state index < -0.39 is 10.0 Å². The molecule has 0 saturated carbocycles. The summed E-state index contributed by atoms with van der Waals surface area (Å²) in [4.78, 5) is 15.5. The van der Waals surface area contributed by atoms with Gasteiger partial charge >= 0.3 is 6.03 Å². The van der Waals surface area contributed by atoms with E-state index in [0.717, 1.165) is 11.3 Å². The fourth-order valence-corrected chi connectivity index (χ4v) is 2.66. The number of hydrogen-bond donors (Lipinski definition) is 1. The first-order valence-electron chi connectivity index (χ1n) is 6.03. The summed E-state index contributed by atoms with van der Waals surface area (Å²) in [6, 6.07) is 4.55. The summed E-state index contributed by atoms with van der Waals surface area (Å²) in [5, 5.41) is 5.10. The predicted octanol–water partition coefficient (Wildman–Crippen LogP) is 0.768. The third-order valence-electron chi connectivity index (χ3n) is 3.31. The Labute approximate surface area is 112 Å². The van der Waals surface area contributed by atoms with Crippen LogP contribution in [0.2, 0.25) is 0 Å². The number of sulfonamides is 1. The zero-order chi connectivity index (χ0) is 14.2. The second-order valence-corrected chi connectivity index (χ2v) is 6.10. The lowest BCUT2D eigenvalue weighted by Crippen LogP contribution is -2.40. The van der Waals surface area contributed by atoms with Crippen molar-refractivity contribution >= 4 is 21.7 Å². The van der Waals surface area contributed by atoms with Gasteiger partial charge in [-0.15, -0.1) is 0 Å². The lowest BCUT2D eigenvalue weighted by Gasteiger charge is -2.24. The summed E-state index contributed by atoms with van der Waals surface area (Å²) in [5.41, 5.74) is 1.60. The van der Waals surface area contributed by atoms with Gasteiger partial charge in [-0.1, -0.05) is 0 Å². The molecule has 0 radical (unpaired) electrons. The zero-order valence-electron chi connectivity index (χ0n) is 11.0. The standard InChI is InChI=1S/C12H17N3O3S/c1-3-14(2)12(16)15-7-6-9-8-10(19(13,17)18)4-5-11(9)15/h4-5,8H,3,6-7H2,1-2H3,(H2,13,17,18). The van der Waals surface area contributed by atoms with Crippen LogP contribution in [0.4, 0.5) is 10.5 Å². The van der Waals surface area contributed by atoms with Gasteiger partial charge in [-0.05, 0) is 37.1 Å². The molecule has 19 heavy (non-hydrogen) atoms. The number of nitrogens with two attached hydrogens (primary N) is 1. The smallest absolute Gasteiger partial charge is 0.324 e. The number of anilines is 1. The van der Waals surface area contributed by atoms with E-state index in [1.54, 1.807) is 29.0 Å². The summed E-state index contributed by atoms with van der Waals surface area (Å²) < 4.78 is 22.6. The Bertz CT molecular complexity index is 613. The van der Waals surface area contributed by atoms with Crippen LogP contribution in [-0.4, -0.2) is 39.5 Å². The second kappa shape index (κ2) is 4.82. The average molecular weight is 283 g/mol. The van der Waals surface area contributed by atoms with Crippen LogP contribution in [-0.2, 0) is 16.4 Å². The normalized spacial score (nSPS) is 14.4. The van der Waals surface area contributed by atoms with E-state index in [1.807, 2.05) is 6.92 Å². The highest BCUT2D eigenvalue weighted by atomic mass is 32.2. The molecule has 0 bridgehead atoms. The molecular formula is C12H17N3O3S. The van der Waals surface area contributed by atoms with Gasteiger partial charge in [0.05, 0.1) is 4.90 Å². The summed E-state index contributed by atoms with van der Waals surface area (Å²) in [5.74, 6) is 0. The summed E-state index contributed by atoms with van der Waals surface area (Å²) >= 11 is 0. The lowest BCUT2D eigenvalue weighted by atomic mass is 10.2. The van der Waals surface area contributed by atoms with Gasteiger partial charge in [-0.2, -0.15) is 0 Å². The number of urea groups is 1. The van der Waals surface area contributed by atoms with Crippen LogP contribution >= 0.6 is 0 Å². The number of nitrogens with zero attached hydrogens (tertiary/aromatic N) is 2. The molecule has 2 amide bonds. The maximum absolute atomic E-state index is 12.1. The van der Waals surface area contributed by atoms with E-state index in [4.69, 9.17) is 5.14 Å². The number of fused-ring (bicyclic) bond motifs is 1. The molecule has 7 heteroatoms. The first-order valence-corrected chi connectivity index (χ1v) is 7.57. The second-order valence-electron chi connectivity index (χ2n) is 4.53. The van der Waals surface area contributed by atoms with Crippen molar-refractivity contribution in [1.29, 1.82) is 0 Å². The van der Waals surface area contributed by atoms with Crippen molar-refractivity contribution in [2.45, 2.75) is 18.2 Å². The molecule has 104 valence electrons. The van der Waals surface area contributed by atoms with Crippen molar-refractivity contribution in [3.8, 4) is 0 Å². The SMILES string of the molecule is CCN(C)C(=O)N1CCc2cc(S(N)(=O)=O)ccc21. The number of primary sulfonamides is 1. The highest BCUT2D eigenvalue weighted by Gasteiger charge is 2.27. The molecule has 1 heterocycles. The molecular weight excluding hydrogens is 266 g/mol. The summed E-state index contributed by atoms with van der Waals surface area (Å²) in [6.45, 7) is 3.09. The van der Waals surface area contributed by atoms with Gasteiger partial charge in [0.1, 0.15) is 0 Å². The Morgan fingerprint density at radius 2 is 2.16 bits per heavy atom. The van der Waals surface area contributed by atoms with Crippen molar-refractivity contribution < 1.29 is 13.2 Å². The van der Waals surface area contributed by atoms with E-state index in [9.17, 15) is 13.2 Å².